The molecule has 0 amide bonds. The molecule has 0 unspecified atom stereocenters. The molecule has 0 saturated carbocycles. The third-order valence-corrected chi connectivity index (χ3v) is 3.97. The van der Waals surface area contributed by atoms with Crippen molar-refractivity contribution in [1.82, 2.24) is 9.97 Å². The Labute approximate surface area is 141 Å². The van der Waals surface area contributed by atoms with Crippen molar-refractivity contribution in [1.29, 1.82) is 0 Å². The van der Waals surface area contributed by atoms with Gasteiger partial charge in [0.1, 0.15) is 5.82 Å². The number of rotatable bonds is 7. The molecule has 3 aromatic rings. The molecular weight excluding hydrogens is 300 g/mol. The second-order valence-corrected chi connectivity index (χ2v) is 5.89. The van der Waals surface area contributed by atoms with Gasteiger partial charge >= 0.3 is 0 Å². The molecule has 0 bridgehead atoms. The summed E-state index contributed by atoms with van der Waals surface area (Å²) in [6.45, 7) is 3.54. The fourth-order valence-electron chi connectivity index (χ4n) is 2.68. The average Bonchev–Trinajstić information content (AvgIpc) is 2.62. The molecule has 0 radical (unpaired) electrons. The third-order valence-electron chi connectivity index (χ3n) is 3.97. The number of nitrogens with one attached hydrogen (secondary N) is 1. The van der Waals surface area contributed by atoms with Crippen LogP contribution in [0.25, 0.3) is 22.3 Å². The van der Waals surface area contributed by atoms with Crippen LogP contribution < -0.4 is 5.56 Å². The Hall–Kier alpha value is -2.46. The van der Waals surface area contributed by atoms with Gasteiger partial charge < -0.3 is 9.72 Å². The van der Waals surface area contributed by atoms with Gasteiger partial charge in [-0.3, -0.25) is 4.79 Å². The topological polar surface area (TPSA) is 55.0 Å². The molecule has 124 valence electrons. The number of H-pyrrole nitrogens is 1. The molecular formula is C20H22N2O2. The highest BCUT2D eigenvalue weighted by Crippen LogP contribution is 2.18. The van der Waals surface area contributed by atoms with Crippen molar-refractivity contribution < 1.29 is 4.74 Å². The SMILES string of the molecule is CCCCCOCc1cccc(-c2nc3ccccc3c(=O)[nH]2)c1. The first-order chi connectivity index (χ1) is 11.8. The number of ether oxygens (including phenoxy) is 1. The van der Waals surface area contributed by atoms with Gasteiger partial charge in [-0.15, -0.1) is 0 Å². The Morgan fingerprint density at radius 1 is 1.08 bits per heavy atom. The summed E-state index contributed by atoms with van der Waals surface area (Å²) in [5.41, 5.74) is 2.57. The summed E-state index contributed by atoms with van der Waals surface area (Å²) in [6, 6.07) is 15.3. The molecule has 4 nitrogen and oxygen atoms in total. The van der Waals surface area contributed by atoms with Crippen LogP contribution in [0.1, 0.15) is 31.7 Å². The van der Waals surface area contributed by atoms with E-state index in [4.69, 9.17) is 4.74 Å². The molecule has 0 aliphatic heterocycles. The number of hydrogen-bond donors (Lipinski definition) is 1. The predicted molar refractivity (Wildman–Crippen MR) is 97.0 cm³/mol. The van der Waals surface area contributed by atoms with Crippen molar-refractivity contribution in [2.24, 2.45) is 0 Å². The molecule has 0 spiro atoms. The van der Waals surface area contributed by atoms with Crippen LogP contribution in [0.5, 0.6) is 0 Å². The minimum absolute atomic E-state index is 0.114. The lowest BCUT2D eigenvalue weighted by Gasteiger charge is -2.07. The van der Waals surface area contributed by atoms with E-state index in [9.17, 15) is 4.79 Å². The number of hydrogen-bond acceptors (Lipinski definition) is 3. The lowest BCUT2D eigenvalue weighted by molar-refractivity contribution is 0.117. The van der Waals surface area contributed by atoms with Gasteiger partial charge in [0, 0.05) is 12.2 Å². The van der Waals surface area contributed by atoms with Crippen LogP contribution in [0.4, 0.5) is 0 Å². The van der Waals surface area contributed by atoms with Crippen LogP contribution in [0, 0.1) is 0 Å². The van der Waals surface area contributed by atoms with E-state index in [1.54, 1.807) is 6.07 Å². The molecule has 0 aliphatic rings. The van der Waals surface area contributed by atoms with Crippen molar-refractivity contribution in [3.63, 3.8) is 0 Å². The maximum Gasteiger partial charge on any atom is 0.259 e. The van der Waals surface area contributed by atoms with Gasteiger partial charge in [0.05, 0.1) is 17.5 Å². The number of nitrogens with zero attached hydrogens (tertiary/aromatic N) is 1. The van der Waals surface area contributed by atoms with Crippen LogP contribution in [-0.2, 0) is 11.3 Å². The summed E-state index contributed by atoms with van der Waals surface area (Å²) in [7, 11) is 0. The zero-order valence-corrected chi connectivity index (χ0v) is 13.9. The number of fused-ring (bicyclic) bond motifs is 1. The van der Waals surface area contributed by atoms with Crippen LogP contribution in [0.15, 0.2) is 53.3 Å². The van der Waals surface area contributed by atoms with E-state index in [1.807, 2.05) is 42.5 Å². The normalized spacial score (nSPS) is 11.0. The number of aromatic nitrogens is 2. The van der Waals surface area contributed by atoms with Crippen molar-refractivity contribution >= 4 is 10.9 Å². The maximum atomic E-state index is 12.2. The Bertz CT molecular complexity index is 871. The smallest absolute Gasteiger partial charge is 0.259 e. The molecule has 1 N–H and O–H groups in total. The van der Waals surface area contributed by atoms with Crippen LogP contribution in [-0.4, -0.2) is 16.6 Å². The Morgan fingerprint density at radius 2 is 1.96 bits per heavy atom. The maximum absolute atomic E-state index is 12.2. The minimum Gasteiger partial charge on any atom is -0.377 e. The lowest BCUT2D eigenvalue weighted by atomic mass is 10.1. The highest BCUT2D eigenvalue weighted by Gasteiger charge is 2.06. The first kappa shape index (κ1) is 16.4. The molecule has 0 aliphatic carbocycles. The van der Waals surface area contributed by atoms with Crippen molar-refractivity contribution in [2.75, 3.05) is 6.61 Å². The first-order valence-electron chi connectivity index (χ1n) is 8.44. The van der Waals surface area contributed by atoms with E-state index < -0.39 is 0 Å². The fourth-order valence-corrected chi connectivity index (χ4v) is 2.68. The van der Waals surface area contributed by atoms with Gasteiger partial charge in [-0.05, 0) is 30.2 Å². The average molecular weight is 322 g/mol. The van der Waals surface area contributed by atoms with Crippen molar-refractivity contribution in [3.05, 3.63) is 64.4 Å². The third kappa shape index (κ3) is 3.89. The Balaban J connectivity index is 1.80. The zero-order chi connectivity index (χ0) is 16.8. The van der Waals surface area contributed by atoms with Crippen molar-refractivity contribution in [3.8, 4) is 11.4 Å². The molecule has 0 fully saturated rings. The second-order valence-electron chi connectivity index (χ2n) is 5.89. The summed E-state index contributed by atoms with van der Waals surface area (Å²) >= 11 is 0. The molecule has 1 aromatic heterocycles. The van der Waals surface area contributed by atoms with Gasteiger partial charge in [0.2, 0.25) is 0 Å². The Morgan fingerprint density at radius 3 is 2.83 bits per heavy atom. The summed E-state index contributed by atoms with van der Waals surface area (Å²) in [5.74, 6) is 0.589. The van der Waals surface area contributed by atoms with Crippen LogP contribution >= 0.6 is 0 Å². The van der Waals surface area contributed by atoms with Crippen LogP contribution in [0.2, 0.25) is 0 Å². The fraction of sp³-hybridized carbons (Fsp3) is 0.300. The number of unbranched alkanes of at least 4 members (excludes halogenated alkanes) is 2. The Kier molecular flexibility index (Phi) is 5.39. The first-order valence-corrected chi connectivity index (χ1v) is 8.44. The zero-order valence-electron chi connectivity index (χ0n) is 13.9. The summed E-state index contributed by atoms with van der Waals surface area (Å²) in [5, 5.41) is 0.608. The van der Waals surface area contributed by atoms with E-state index in [0.29, 0.717) is 23.3 Å². The molecule has 2 aromatic carbocycles. The number of benzene rings is 2. The van der Waals surface area contributed by atoms with Gasteiger partial charge in [0.15, 0.2) is 0 Å². The molecule has 0 atom stereocenters. The molecule has 3 rings (SSSR count). The summed E-state index contributed by atoms with van der Waals surface area (Å²) in [4.78, 5) is 19.7. The lowest BCUT2D eigenvalue weighted by Crippen LogP contribution is -2.09. The molecule has 1 heterocycles. The van der Waals surface area contributed by atoms with E-state index in [-0.39, 0.29) is 5.56 Å². The predicted octanol–water partition coefficient (Wildman–Crippen LogP) is 4.30. The van der Waals surface area contributed by atoms with Crippen LogP contribution in [0.3, 0.4) is 0 Å². The summed E-state index contributed by atoms with van der Waals surface area (Å²) < 4.78 is 5.71. The highest BCUT2D eigenvalue weighted by molar-refractivity contribution is 5.79. The number of aromatic amines is 1. The minimum atomic E-state index is -0.114. The highest BCUT2D eigenvalue weighted by atomic mass is 16.5. The number of para-hydroxylation sites is 1. The van der Waals surface area contributed by atoms with Gasteiger partial charge in [0.25, 0.3) is 5.56 Å². The monoisotopic (exact) mass is 322 g/mol. The quantitative estimate of drug-likeness (QED) is 0.660. The van der Waals surface area contributed by atoms with E-state index in [2.05, 4.69) is 16.9 Å². The molecule has 4 heteroatoms. The standard InChI is InChI=1S/C20H22N2O2/c1-2-3-6-12-24-14-15-8-7-9-16(13-15)19-21-18-11-5-4-10-17(18)20(23)22-19/h4-5,7-11,13H,2-3,6,12,14H2,1H3,(H,21,22,23). The molecule has 0 saturated heterocycles. The van der Waals surface area contributed by atoms with E-state index in [1.165, 1.54) is 12.8 Å². The van der Waals surface area contributed by atoms with Gasteiger partial charge in [-0.2, -0.15) is 0 Å². The largest absolute Gasteiger partial charge is 0.377 e. The second kappa shape index (κ2) is 7.88. The van der Waals surface area contributed by atoms with E-state index in [0.717, 1.165) is 24.2 Å². The van der Waals surface area contributed by atoms with Crippen molar-refractivity contribution in [2.45, 2.75) is 32.8 Å². The summed E-state index contributed by atoms with van der Waals surface area (Å²) in [6.07, 6.45) is 3.48. The van der Waals surface area contributed by atoms with E-state index >= 15 is 0 Å². The molecule has 24 heavy (non-hydrogen) atoms. The van der Waals surface area contributed by atoms with Gasteiger partial charge in [-0.1, -0.05) is 50.1 Å². The van der Waals surface area contributed by atoms with Gasteiger partial charge in [-0.25, -0.2) is 4.98 Å².